The molecule has 2 N–H and O–H groups in total. The Morgan fingerprint density at radius 2 is 1.96 bits per heavy atom. The number of carbonyl (C=O) groups is 1. The SMILES string of the molecule is O=C(CCn1c(=O)[nH]c2ccccc21)N1CCCC(Nc2ccc(F)cc2)C1. The number of hydrogen-bond acceptors (Lipinski definition) is 3. The summed E-state index contributed by atoms with van der Waals surface area (Å²) in [5, 5.41) is 3.38. The lowest BCUT2D eigenvalue weighted by molar-refractivity contribution is -0.132. The average molecular weight is 382 g/mol. The topological polar surface area (TPSA) is 70.1 Å². The molecule has 0 spiro atoms. The van der Waals surface area contributed by atoms with Crippen LogP contribution in [0.15, 0.2) is 53.3 Å². The van der Waals surface area contributed by atoms with Crippen molar-refractivity contribution in [2.75, 3.05) is 18.4 Å². The maximum absolute atomic E-state index is 13.1. The summed E-state index contributed by atoms with van der Waals surface area (Å²) in [6.07, 6.45) is 2.16. The van der Waals surface area contributed by atoms with Crippen molar-refractivity contribution in [2.24, 2.45) is 0 Å². The van der Waals surface area contributed by atoms with Gasteiger partial charge in [0, 0.05) is 37.8 Å². The number of fused-ring (bicyclic) bond motifs is 1. The molecule has 7 heteroatoms. The van der Waals surface area contributed by atoms with Crippen molar-refractivity contribution in [1.29, 1.82) is 0 Å². The highest BCUT2D eigenvalue weighted by molar-refractivity contribution is 5.77. The van der Waals surface area contributed by atoms with Gasteiger partial charge in [-0.05, 0) is 49.2 Å². The summed E-state index contributed by atoms with van der Waals surface area (Å²) in [6.45, 7) is 1.69. The number of amides is 1. The van der Waals surface area contributed by atoms with Crippen LogP contribution >= 0.6 is 0 Å². The minimum atomic E-state index is -0.265. The van der Waals surface area contributed by atoms with Crippen LogP contribution in [0.1, 0.15) is 19.3 Å². The zero-order valence-corrected chi connectivity index (χ0v) is 15.5. The molecule has 28 heavy (non-hydrogen) atoms. The van der Waals surface area contributed by atoms with Crippen molar-refractivity contribution in [3.8, 4) is 0 Å². The minimum Gasteiger partial charge on any atom is -0.381 e. The Labute approximate surface area is 162 Å². The molecule has 1 unspecified atom stereocenters. The van der Waals surface area contributed by atoms with E-state index in [0.29, 0.717) is 13.1 Å². The molecule has 1 fully saturated rings. The number of likely N-dealkylation sites (tertiary alicyclic amines) is 1. The predicted octanol–water partition coefficient (Wildman–Crippen LogP) is 2.96. The number of aromatic amines is 1. The minimum absolute atomic E-state index is 0.0442. The Morgan fingerprint density at radius 1 is 1.18 bits per heavy atom. The molecular formula is C21H23FN4O2. The smallest absolute Gasteiger partial charge is 0.326 e. The van der Waals surface area contributed by atoms with E-state index in [9.17, 15) is 14.0 Å². The van der Waals surface area contributed by atoms with Crippen molar-refractivity contribution in [3.63, 3.8) is 0 Å². The van der Waals surface area contributed by atoms with E-state index in [1.54, 1.807) is 16.7 Å². The number of hydrogen-bond donors (Lipinski definition) is 2. The van der Waals surface area contributed by atoms with Gasteiger partial charge in [0.2, 0.25) is 5.91 Å². The van der Waals surface area contributed by atoms with E-state index < -0.39 is 0 Å². The molecule has 0 aliphatic carbocycles. The van der Waals surface area contributed by atoms with E-state index in [4.69, 9.17) is 0 Å². The van der Waals surface area contributed by atoms with Crippen molar-refractivity contribution in [2.45, 2.75) is 31.8 Å². The number of rotatable bonds is 5. The Morgan fingerprint density at radius 3 is 2.79 bits per heavy atom. The molecule has 1 atom stereocenters. The number of H-pyrrole nitrogens is 1. The summed E-state index contributed by atoms with van der Waals surface area (Å²) in [7, 11) is 0. The van der Waals surface area contributed by atoms with Gasteiger partial charge in [-0.25, -0.2) is 9.18 Å². The number of aromatic nitrogens is 2. The van der Waals surface area contributed by atoms with Crippen LogP contribution in [-0.2, 0) is 11.3 Å². The second kappa shape index (κ2) is 7.88. The van der Waals surface area contributed by atoms with Crippen LogP contribution in [-0.4, -0.2) is 39.5 Å². The molecule has 2 aromatic carbocycles. The number of nitrogens with zero attached hydrogens (tertiary/aromatic N) is 2. The Balaban J connectivity index is 1.37. The third-order valence-electron chi connectivity index (χ3n) is 5.22. The summed E-state index contributed by atoms with van der Waals surface area (Å²) >= 11 is 0. The van der Waals surface area contributed by atoms with Gasteiger partial charge in [0.15, 0.2) is 0 Å². The molecule has 2 heterocycles. The fourth-order valence-electron chi connectivity index (χ4n) is 3.80. The highest BCUT2D eigenvalue weighted by Gasteiger charge is 2.23. The van der Waals surface area contributed by atoms with E-state index in [1.807, 2.05) is 29.2 Å². The number of halogens is 1. The number of aryl methyl sites for hydroxylation is 1. The van der Waals surface area contributed by atoms with Crippen LogP contribution in [0.25, 0.3) is 11.0 Å². The third-order valence-corrected chi connectivity index (χ3v) is 5.22. The summed E-state index contributed by atoms with van der Waals surface area (Å²) in [5.41, 5.74) is 2.26. The van der Waals surface area contributed by atoms with Gasteiger partial charge in [0.05, 0.1) is 11.0 Å². The summed E-state index contributed by atoms with van der Waals surface area (Å²) in [5.74, 6) is -0.221. The highest BCUT2D eigenvalue weighted by Crippen LogP contribution is 2.18. The van der Waals surface area contributed by atoms with Crippen LogP contribution in [0, 0.1) is 5.82 Å². The normalized spacial score (nSPS) is 17.0. The quantitative estimate of drug-likeness (QED) is 0.713. The van der Waals surface area contributed by atoms with Gasteiger partial charge in [-0.3, -0.25) is 9.36 Å². The molecule has 1 saturated heterocycles. The van der Waals surface area contributed by atoms with Gasteiger partial charge < -0.3 is 15.2 Å². The number of carbonyl (C=O) groups excluding carboxylic acids is 1. The number of nitrogens with one attached hydrogen (secondary N) is 2. The number of para-hydroxylation sites is 2. The van der Waals surface area contributed by atoms with Crippen molar-refractivity contribution in [3.05, 3.63) is 64.8 Å². The second-order valence-electron chi connectivity index (χ2n) is 7.18. The van der Waals surface area contributed by atoms with Crippen LogP contribution in [0.4, 0.5) is 10.1 Å². The first-order chi connectivity index (χ1) is 13.6. The molecule has 1 aliphatic rings. The van der Waals surface area contributed by atoms with E-state index in [0.717, 1.165) is 36.1 Å². The summed E-state index contributed by atoms with van der Waals surface area (Å²) in [6, 6.07) is 13.9. The number of anilines is 1. The maximum Gasteiger partial charge on any atom is 0.326 e. The van der Waals surface area contributed by atoms with Crippen LogP contribution in [0.3, 0.4) is 0 Å². The summed E-state index contributed by atoms with van der Waals surface area (Å²) in [4.78, 5) is 29.5. The van der Waals surface area contributed by atoms with Crippen molar-refractivity contribution in [1.82, 2.24) is 14.5 Å². The predicted molar refractivity (Wildman–Crippen MR) is 107 cm³/mol. The number of benzene rings is 2. The average Bonchev–Trinajstić information content (AvgIpc) is 3.03. The van der Waals surface area contributed by atoms with Gasteiger partial charge in [0.25, 0.3) is 0 Å². The molecule has 1 amide bonds. The molecule has 0 saturated carbocycles. The fraction of sp³-hybridized carbons (Fsp3) is 0.333. The van der Waals surface area contributed by atoms with Gasteiger partial charge in [-0.2, -0.15) is 0 Å². The van der Waals surface area contributed by atoms with Crippen molar-refractivity contribution >= 4 is 22.6 Å². The molecule has 4 rings (SSSR count). The van der Waals surface area contributed by atoms with Crippen LogP contribution in [0.2, 0.25) is 0 Å². The largest absolute Gasteiger partial charge is 0.381 e. The Bertz CT molecular complexity index is 1020. The van der Waals surface area contributed by atoms with E-state index in [1.165, 1.54) is 12.1 Å². The number of imidazole rings is 1. The molecule has 0 bridgehead atoms. The first kappa shape index (κ1) is 18.3. The second-order valence-corrected chi connectivity index (χ2v) is 7.18. The number of piperidine rings is 1. The molecule has 1 aromatic heterocycles. The van der Waals surface area contributed by atoms with Gasteiger partial charge in [0.1, 0.15) is 5.82 Å². The van der Waals surface area contributed by atoms with E-state index in [-0.39, 0.29) is 29.9 Å². The standard InChI is InChI=1S/C21H23FN4O2/c22-15-7-9-16(10-8-15)23-17-4-3-12-25(14-17)20(27)11-13-26-19-6-2-1-5-18(19)24-21(26)28/h1-2,5-10,17,23H,3-4,11-14H2,(H,24,28). The fourth-order valence-corrected chi connectivity index (χ4v) is 3.80. The molecule has 3 aromatic rings. The first-order valence-electron chi connectivity index (χ1n) is 9.57. The van der Waals surface area contributed by atoms with Gasteiger partial charge in [-0.1, -0.05) is 12.1 Å². The molecule has 0 radical (unpaired) electrons. The lowest BCUT2D eigenvalue weighted by Gasteiger charge is -2.34. The van der Waals surface area contributed by atoms with E-state index in [2.05, 4.69) is 10.3 Å². The van der Waals surface area contributed by atoms with Crippen molar-refractivity contribution < 1.29 is 9.18 Å². The Hall–Kier alpha value is -3.09. The Kier molecular flexibility index (Phi) is 5.14. The van der Waals surface area contributed by atoms with E-state index >= 15 is 0 Å². The lowest BCUT2D eigenvalue weighted by Crippen LogP contribution is -2.45. The van der Waals surface area contributed by atoms with Gasteiger partial charge in [-0.15, -0.1) is 0 Å². The molecule has 146 valence electrons. The first-order valence-corrected chi connectivity index (χ1v) is 9.57. The zero-order valence-electron chi connectivity index (χ0n) is 15.5. The third kappa shape index (κ3) is 3.93. The molecule has 6 nitrogen and oxygen atoms in total. The molecule has 1 aliphatic heterocycles. The van der Waals surface area contributed by atoms with Crippen LogP contribution in [0.5, 0.6) is 0 Å². The monoisotopic (exact) mass is 382 g/mol. The van der Waals surface area contributed by atoms with Gasteiger partial charge >= 0.3 is 5.69 Å². The lowest BCUT2D eigenvalue weighted by atomic mass is 10.0. The zero-order chi connectivity index (χ0) is 19.5. The molecular weight excluding hydrogens is 359 g/mol. The maximum atomic E-state index is 13.1. The highest BCUT2D eigenvalue weighted by atomic mass is 19.1. The summed E-state index contributed by atoms with van der Waals surface area (Å²) < 4.78 is 14.7. The van der Waals surface area contributed by atoms with Crippen LogP contribution < -0.4 is 11.0 Å².